The van der Waals surface area contributed by atoms with Crippen LogP contribution in [0, 0.1) is 13.8 Å². The largest absolute Gasteiger partial charge is 0.478 e. The molecule has 0 amide bonds. The number of imidazole rings is 1. The molecule has 10 heteroatoms. The predicted octanol–water partition coefficient (Wildman–Crippen LogP) is 3.74. The molecule has 1 saturated carbocycles. The van der Waals surface area contributed by atoms with E-state index in [2.05, 4.69) is 28.8 Å². The number of pyridine rings is 1. The minimum absolute atomic E-state index is 0.480. The molecule has 3 heterocycles. The second kappa shape index (κ2) is 8.85. The van der Waals surface area contributed by atoms with Crippen LogP contribution in [0.15, 0.2) is 35.9 Å². The number of hydrogen-bond acceptors (Lipinski definition) is 6. The Kier molecular flexibility index (Phi) is 6.26. The second-order valence-electron chi connectivity index (χ2n) is 8.48. The first-order valence-corrected chi connectivity index (χ1v) is 13.3. The average molecular weight is 487 g/mol. The van der Waals surface area contributed by atoms with Gasteiger partial charge in [-0.2, -0.15) is 0 Å². The summed E-state index contributed by atoms with van der Waals surface area (Å²) >= 11 is 1.66. The normalized spacial score (nSPS) is 15.8. The zero-order valence-corrected chi connectivity index (χ0v) is 20.3. The summed E-state index contributed by atoms with van der Waals surface area (Å²) in [4.78, 5) is 23.4. The third-order valence-electron chi connectivity index (χ3n) is 5.42. The average Bonchev–Trinajstić information content (AvgIpc) is 3.11. The van der Waals surface area contributed by atoms with Gasteiger partial charge in [0.25, 0.3) is 0 Å². The minimum atomic E-state index is -3.17. The van der Waals surface area contributed by atoms with E-state index in [1.807, 2.05) is 25.1 Å². The van der Waals surface area contributed by atoms with E-state index in [0.29, 0.717) is 17.9 Å². The van der Waals surface area contributed by atoms with E-state index in [4.69, 9.17) is 9.97 Å². The molecule has 0 aliphatic heterocycles. The Labute approximate surface area is 196 Å². The summed E-state index contributed by atoms with van der Waals surface area (Å²) in [6, 6.07) is 6.23. The molecule has 1 fully saturated rings. The molecule has 0 bridgehead atoms. The number of carboxylic acid groups (broad SMARTS) is 1. The van der Waals surface area contributed by atoms with E-state index in [9.17, 15) is 18.3 Å². The quantitative estimate of drug-likeness (QED) is 0.565. The van der Waals surface area contributed by atoms with Gasteiger partial charge in [0.2, 0.25) is 10.0 Å². The lowest BCUT2D eigenvalue weighted by atomic mass is 10.1. The van der Waals surface area contributed by atoms with E-state index in [0.717, 1.165) is 45.9 Å². The van der Waals surface area contributed by atoms with Gasteiger partial charge in [0, 0.05) is 32.5 Å². The fraction of sp³-hybridized carbons (Fsp3) is 0.348. The summed E-state index contributed by atoms with van der Waals surface area (Å²) in [6.07, 6.45) is 7.66. The van der Waals surface area contributed by atoms with Crippen LogP contribution in [-0.4, -0.2) is 40.3 Å². The number of aliphatic carboxylic acids is 1. The maximum Gasteiger partial charge on any atom is 0.332 e. The molecule has 5 rings (SSSR count). The van der Waals surface area contributed by atoms with Gasteiger partial charge in [0.05, 0.1) is 12.8 Å². The number of fused-ring (bicyclic) bond motifs is 1. The van der Waals surface area contributed by atoms with Crippen molar-refractivity contribution >= 4 is 44.1 Å². The molecule has 174 valence electrons. The standard InChI is InChI=1S/C22H21N3O2S.CH5NO2S/c1-12-10-13(2)23-21-19(12)24-20(14-6-7-14)25(21)11-15-8-9-18(28-15)16-4-3-5-17(16)22(26)27;1-5(2,3)4/h3-4,8-10,14H,5-7,11H2,1-2H3,(H,26,27);1H3,(H2,2,3,4). The summed E-state index contributed by atoms with van der Waals surface area (Å²) in [5.41, 5.74) is 5.45. The Bertz CT molecular complexity index is 1400. The van der Waals surface area contributed by atoms with Crippen molar-refractivity contribution in [2.45, 2.75) is 45.6 Å². The van der Waals surface area contributed by atoms with Crippen LogP contribution in [0.5, 0.6) is 0 Å². The Morgan fingerprint density at radius 1 is 1.27 bits per heavy atom. The smallest absolute Gasteiger partial charge is 0.332 e. The molecule has 2 aliphatic rings. The molecule has 33 heavy (non-hydrogen) atoms. The van der Waals surface area contributed by atoms with Gasteiger partial charge >= 0.3 is 5.97 Å². The lowest BCUT2D eigenvalue weighted by Gasteiger charge is -2.07. The van der Waals surface area contributed by atoms with Crippen molar-refractivity contribution in [3.8, 4) is 0 Å². The Balaban J connectivity index is 0.000000471. The van der Waals surface area contributed by atoms with E-state index < -0.39 is 16.0 Å². The van der Waals surface area contributed by atoms with Crippen molar-refractivity contribution in [3.63, 3.8) is 0 Å². The molecule has 0 unspecified atom stereocenters. The number of aromatic nitrogens is 3. The molecule has 0 spiro atoms. The Morgan fingerprint density at radius 2 is 1.97 bits per heavy atom. The number of carboxylic acids is 1. The van der Waals surface area contributed by atoms with Crippen molar-refractivity contribution in [3.05, 3.63) is 62.8 Å². The molecule has 0 radical (unpaired) electrons. The zero-order chi connectivity index (χ0) is 23.9. The molecule has 0 saturated heterocycles. The third kappa shape index (κ3) is 5.40. The van der Waals surface area contributed by atoms with Crippen molar-refractivity contribution in [2.24, 2.45) is 5.14 Å². The second-order valence-corrected chi connectivity index (χ2v) is 11.3. The van der Waals surface area contributed by atoms with Crippen LogP contribution in [0.1, 0.15) is 52.0 Å². The van der Waals surface area contributed by atoms with E-state index >= 15 is 0 Å². The fourth-order valence-electron chi connectivity index (χ4n) is 3.93. The maximum atomic E-state index is 11.5. The Hall–Kier alpha value is -2.82. The molecule has 3 aromatic rings. The summed E-state index contributed by atoms with van der Waals surface area (Å²) in [5.74, 6) is 0.839. The highest BCUT2D eigenvalue weighted by Gasteiger charge is 2.30. The number of hydrogen-bond donors (Lipinski definition) is 2. The summed E-state index contributed by atoms with van der Waals surface area (Å²) in [5, 5.41) is 13.7. The number of primary sulfonamides is 1. The maximum absolute atomic E-state index is 11.5. The fourth-order valence-corrected chi connectivity index (χ4v) is 4.98. The van der Waals surface area contributed by atoms with Gasteiger partial charge in [-0.1, -0.05) is 12.2 Å². The predicted molar refractivity (Wildman–Crippen MR) is 130 cm³/mol. The van der Waals surface area contributed by atoms with Crippen molar-refractivity contribution in [2.75, 3.05) is 6.26 Å². The van der Waals surface area contributed by atoms with E-state index in [1.165, 1.54) is 23.3 Å². The molecule has 0 atom stereocenters. The summed E-state index contributed by atoms with van der Waals surface area (Å²) in [6.45, 7) is 4.85. The van der Waals surface area contributed by atoms with E-state index in [1.54, 1.807) is 11.3 Å². The molecule has 3 N–H and O–H groups in total. The van der Waals surface area contributed by atoms with Crippen LogP contribution >= 0.6 is 11.3 Å². The van der Waals surface area contributed by atoms with Crippen molar-refractivity contribution in [1.29, 1.82) is 0 Å². The van der Waals surface area contributed by atoms with Gasteiger partial charge in [-0.15, -0.1) is 11.3 Å². The number of rotatable bonds is 5. The highest BCUT2D eigenvalue weighted by Crippen LogP contribution is 2.41. The molecule has 2 aliphatic carbocycles. The number of aryl methyl sites for hydroxylation is 2. The van der Waals surface area contributed by atoms with Gasteiger partial charge in [0.1, 0.15) is 11.3 Å². The van der Waals surface area contributed by atoms with Crippen LogP contribution in [0.2, 0.25) is 0 Å². The highest BCUT2D eigenvalue weighted by atomic mass is 32.2. The molecular formula is C23H26N4O4S2. The van der Waals surface area contributed by atoms with Gasteiger partial charge < -0.3 is 9.67 Å². The van der Waals surface area contributed by atoms with Crippen LogP contribution in [0.25, 0.3) is 16.7 Å². The van der Waals surface area contributed by atoms with Gasteiger partial charge in [-0.05, 0) is 56.9 Å². The first-order chi connectivity index (χ1) is 15.5. The number of thiophene rings is 1. The van der Waals surface area contributed by atoms with Crippen LogP contribution < -0.4 is 5.14 Å². The topological polar surface area (TPSA) is 128 Å². The molecule has 0 aromatic carbocycles. The number of allylic oxidation sites excluding steroid dienone is 3. The van der Waals surface area contributed by atoms with Gasteiger partial charge in [-0.3, -0.25) is 0 Å². The van der Waals surface area contributed by atoms with Crippen molar-refractivity contribution < 1.29 is 18.3 Å². The minimum Gasteiger partial charge on any atom is -0.478 e. The third-order valence-corrected chi connectivity index (χ3v) is 6.53. The summed E-state index contributed by atoms with van der Waals surface area (Å²) in [7, 11) is -3.17. The lowest BCUT2D eigenvalue weighted by molar-refractivity contribution is -0.132. The SMILES string of the molecule is CS(N)(=O)=O.Cc1cc(C)c2nc(C3CC3)n(Cc3ccc(C4=C(C(=O)O)CC=C4)s3)c2n1. The molecule has 3 aromatic heterocycles. The molecular weight excluding hydrogens is 460 g/mol. The molecule has 8 nitrogen and oxygen atoms in total. The number of nitrogens with two attached hydrogens (primary N) is 1. The number of nitrogens with zero attached hydrogens (tertiary/aromatic N) is 3. The van der Waals surface area contributed by atoms with Gasteiger partial charge in [-0.25, -0.2) is 28.3 Å². The van der Waals surface area contributed by atoms with Crippen LogP contribution in [-0.2, 0) is 21.4 Å². The highest BCUT2D eigenvalue weighted by molar-refractivity contribution is 7.88. The zero-order valence-electron chi connectivity index (χ0n) is 18.7. The first kappa shape index (κ1) is 23.3. The van der Waals surface area contributed by atoms with Crippen LogP contribution in [0.3, 0.4) is 0 Å². The number of sulfonamides is 1. The van der Waals surface area contributed by atoms with Gasteiger partial charge in [0.15, 0.2) is 5.65 Å². The van der Waals surface area contributed by atoms with Crippen molar-refractivity contribution in [1.82, 2.24) is 14.5 Å². The monoisotopic (exact) mass is 486 g/mol. The number of carbonyl (C=O) groups is 1. The van der Waals surface area contributed by atoms with Crippen LogP contribution in [0.4, 0.5) is 0 Å². The van der Waals surface area contributed by atoms with E-state index in [-0.39, 0.29) is 0 Å². The summed E-state index contributed by atoms with van der Waals surface area (Å²) < 4.78 is 21.1. The Morgan fingerprint density at radius 3 is 2.61 bits per heavy atom. The lowest BCUT2D eigenvalue weighted by Crippen LogP contribution is -2.07. The first-order valence-electron chi connectivity index (χ1n) is 10.6.